The van der Waals surface area contributed by atoms with E-state index in [0.717, 1.165) is 6.07 Å². The number of fused-ring (bicyclic) bond motifs is 3. The number of imidazole rings is 1. The Balaban J connectivity index is 1.57. The molecular formula is C23H22F3N7O. The fraction of sp³-hybridized carbons (Fsp3) is 0.304. The van der Waals surface area contributed by atoms with Crippen LogP contribution in [-0.2, 0) is 4.79 Å². The second kappa shape index (κ2) is 8.47. The molecule has 176 valence electrons. The Morgan fingerprint density at radius 3 is 2.71 bits per heavy atom. The van der Waals surface area contributed by atoms with Crippen LogP contribution in [0.15, 0.2) is 42.9 Å². The topological polar surface area (TPSA) is 78.7 Å². The van der Waals surface area contributed by atoms with E-state index < -0.39 is 23.8 Å². The maximum atomic E-state index is 14.8. The normalized spacial score (nSPS) is 15.5. The number of hydrogen-bond acceptors (Lipinski definition) is 6. The average Bonchev–Trinajstić information content (AvgIpc) is 3.29. The van der Waals surface area contributed by atoms with Crippen LogP contribution in [0.25, 0.3) is 16.7 Å². The fourth-order valence-corrected chi connectivity index (χ4v) is 4.14. The highest BCUT2D eigenvalue weighted by Gasteiger charge is 2.24. The number of likely N-dealkylation sites (N-methyl/N-ethyl adjacent to an activating group) is 1. The van der Waals surface area contributed by atoms with E-state index >= 15 is 0 Å². The lowest BCUT2D eigenvalue weighted by Crippen LogP contribution is -2.48. The molecule has 1 amide bonds. The van der Waals surface area contributed by atoms with Gasteiger partial charge in [0.05, 0.1) is 29.9 Å². The van der Waals surface area contributed by atoms with Gasteiger partial charge >= 0.3 is 0 Å². The van der Waals surface area contributed by atoms with Crippen LogP contribution >= 0.6 is 0 Å². The molecule has 1 N–H and O–H groups in total. The molecule has 0 bridgehead atoms. The Hall–Kier alpha value is -3.89. The van der Waals surface area contributed by atoms with Crippen molar-refractivity contribution in [1.82, 2.24) is 24.3 Å². The minimum absolute atomic E-state index is 0.00214. The average molecular weight is 469 g/mol. The molecule has 1 aliphatic heterocycles. The minimum Gasteiger partial charge on any atom is -0.363 e. The number of nitrogens with one attached hydrogen (secondary N) is 1. The van der Waals surface area contributed by atoms with Crippen molar-refractivity contribution in [2.75, 3.05) is 36.9 Å². The number of carbonyl (C=O) groups is 1. The standard InChI is InChI=1S/C23H22F3N7O/c1-13(14-4-3-5-15(20(14)24)21(25)26)29-22-16-10-18(32-9-8-31(2)19(34)12-32)28-11-17(16)33-7-6-27-23(33)30-22/h3-7,10-11,13,21H,8-9,12H2,1-2H3,(H,27,29,30). The summed E-state index contributed by atoms with van der Waals surface area (Å²) in [6, 6.07) is 5.12. The number of nitrogens with zero attached hydrogens (tertiary/aromatic N) is 6. The van der Waals surface area contributed by atoms with Crippen LogP contribution < -0.4 is 10.2 Å². The number of halogens is 3. The largest absolute Gasteiger partial charge is 0.363 e. The second-order valence-electron chi connectivity index (χ2n) is 8.27. The summed E-state index contributed by atoms with van der Waals surface area (Å²) in [5.74, 6) is 0.483. The third-order valence-electron chi connectivity index (χ3n) is 6.11. The molecule has 8 nitrogen and oxygen atoms in total. The number of pyridine rings is 1. The highest BCUT2D eigenvalue weighted by Crippen LogP contribution is 2.32. The molecule has 34 heavy (non-hydrogen) atoms. The first-order valence-electron chi connectivity index (χ1n) is 10.8. The summed E-state index contributed by atoms with van der Waals surface area (Å²) in [5.41, 5.74) is 0.178. The van der Waals surface area contributed by atoms with Gasteiger partial charge in [-0.3, -0.25) is 9.20 Å². The van der Waals surface area contributed by atoms with E-state index in [-0.39, 0.29) is 18.0 Å². The first kappa shape index (κ1) is 21.9. The van der Waals surface area contributed by atoms with Crippen molar-refractivity contribution < 1.29 is 18.0 Å². The van der Waals surface area contributed by atoms with Crippen molar-refractivity contribution in [3.8, 4) is 0 Å². The summed E-state index contributed by atoms with van der Waals surface area (Å²) >= 11 is 0. The summed E-state index contributed by atoms with van der Waals surface area (Å²) in [4.78, 5) is 29.1. The number of benzene rings is 1. The van der Waals surface area contributed by atoms with E-state index in [9.17, 15) is 18.0 Å². The third-order valence-corrected chi connectivity index (χ3v) is 6.11. The summed E-state index contributed by atoms with van der Waals surface area (Å²) < 4.78 is 42.9. The maximum absolute atomic E-state index is 14.8. The van der Waals surface area contributed by atoms with E-state index in [1.807, 2.05) is 11.0 Å². The molecule has 1 aliphatic rings. The molecule has 0 spiro atoms. The van der Waals surface area contributed by atoms with E-state index in [0.29, 0.717) is 41.4 Å². The highest BCUT2D eigenvalue weighted by molar-refractivity contribution is 5.93. The lowest BCUT2D eigenvalue weighted by atomic mass is 10.0. The smallest absolute Gasteiger partial charge is 0.266 e. The van der Waals surface area contributed by atoms with Crippen LogP contribution in [0.3, 0.4) is 0 Å². The number of hydrogen-bond donors (Lipinski definition) is 1. The van der Waals surface area contributed by atoms with E-state index in [2.05, 4.69) is 20.3 Å². The first-order chi connectivity index (χ1) is 16.3. The van der Waals surface area contributed by atoms with Gasteiger partial charge in [-0.15, -0.1) is 0 Å². The number of aromatic nitrogens is 4. The molecule has 1 saturated heterocycles. The molecule has 1 fully saturated rings. The van der Waals surface area contributed by atoms with Gasteiger partial charge in [0.15, 0.2) is 0 Å². The lowest BCUT2D eigenvalue weighted by molar-refractivity contribution is -0.129. The molecule has 1 aromatic carbocycles. The molecule has 4 heterocycles. The van der Waals surface area contributed by atoms with Gasteiger partial charge in [0.1, 0.15) is 17.5 Å². The van der Waals surface area contributed by atoms with Gasteiger partial charge < -0.3 is 15.1 Å². The van der Waals surface area contributed by atoms with Crippen LogP contribution in [0.5, 0.6) is 0 Å². The van der Waals surface area contributed by atoms with E-state index in [1.54, 1.807) is 41.9 Å². The van der Waals surface area contributed by atoms with Crippen LogP contribution in [-0.4, -0.2) is 56.8 Å². The molecular weight excluding hydrogens is 447 g/mol. The number of rotatable bonds is 5. The van der Waals surface area contributed by atoms with Crippen molar-refractivity contribution in [2.24, 2.45) is 0 Å². The van der Waals surface area contributed by atoms with Crippen molar-refractivity contribution in [2.45, 2.75) is 19.4 Å². The predicted molar refractivity (Wildman–Crippen MR) is 122 cm³/mol. The van der Waals surface area contributed by atoms with E-state index in [4.69, 9.17) is 0 Å². The van der Waals surface area contributed by atoms with Gasteiger partial charge in [-0.25, -0.2) is 23.1 Å². The number of piperazine rings is 1. The van der Waals surface area contributed by atoms with Gasteiger partial charge in [-0.1, -0.05) is 18.2 Å². The van der Waals surface area contributed by atoms with Gasteiger partial charge in [-0.2, -0.15) is 4.98 Å². The van der Waals surface area contributed by atoms with Crippen LogP contribution in [0.2, 0.25) is 0 Å². The van der Waals surface area contributed by atoms with Gasteiger partial charge in [0, 0.05) is 43.5 Å². The molecule has 3 aromatic heterocycles. The van der Waals surface area contributed by atoms with Crippen molar-refractivity contribution >= 4 is 34.2 Å². The molecule has 11 heteroatoms. The third kappa shape index (κ3) is 3.76. The molecule has 0 aliphatic carbocycles. The van der Waals surface area contributed by atoms with Crippen LogP contribution in [0.1, 0.15) is 30.5 Å². The van der Waals surface area contributed by atoms with Gasteiger partial charge in [0.25, 0.3) is 6.43 Å². The zero-order valence-corrected chi connectivity index (χ0v) is 18.5. The lowest BCUT2D eigenvalue weighted by Gasteiger charge is -2.32. The Morgan fingerprint density at radius 2 is 1.94 bits per heavy atom. The SMILES string of the molecule is CC(Nc1nc2nccn2c2cnc(N3CCN(C)C(=O)C3)cc12)c1cccc(C(F)F)c1F. The van der Waals surface area contributed by atoms with Crippen LogP contribution in [0, 0.1) is 5.82 Å². The number of anilines is 2. The zero-order valence-electron chi connectivity index (χ0n) is 18.5. The Labute approximate surface area is 193 Å². The Kier molecular flexibility index (Phi) is 5.46. The highest BCUT2D eigenvalue weighted by atomic mass is 19.3. The molecule has 0 radical (unpaired) electrons. The van der Waals surface area contributed by atoms with Gasteiger partial charge in [-0.05, 0) is 13.0 Å². The van der Waals surface area contributed by atoms with Crippen molar-refractivity contribution in [1.29, 1.82) is 0 Å². The summed E-state index contributed by atoms with van der Waals surface area (Å²) in [6.45, 7) is 3.10. The molecule has 0 saturated carbocycles. The monoisotopic (exact) mass is 469 g/mol. The van der Waals surface area contributed by atoms with E-state index in [1.165, 1.54) is 12.1 Å². The summed E-state index contributed by atoms with van der Waals surface area (Å²) in [5, 5.41) is 3.85. The van der Waals surface area contributed by atoms with Crippen LogP contribution in [0.4, 0.5) is 24.8 Å². The number of amides is 1. The minimum atomic E-state index is -2.91. The molecule has 1 atom stereocenters. The number of carbonyl (C=O) groups excluding carboxylic acids is 1. The quantitative estimate of drug-likeness (QED) is 0.479. The zero-order chi connectivity index (χ0) is 24.0. The fourth-order valence-electron chi connectivity index (χ4n) is 4.14. The first-order valence-corrected chi connectivity index (χ1v) is 10.8. The Morgan fingerprint density at radius 1 is 1.15 bits per heavy atom. The Bertz CT molecular complexity index is 1390. The number of alkyl halides is 2. The molecule has 4 aromatic rings. The predicted octanol–water partition coefficient (Wildman–Crippen LogP) is 3.81. The second-order valence-corrected chi connectivity index (χ2v) is 8.27. The van der Waals surface area contributed by atoms with Crippen molar-refractivity contribution in [3.05, 3.63) is 59.8 Å². The maximum Gasteiger partial charge on any atom is 0.266 e. The molecule has 5 rings (SSSR count). The van der Waals surface area contributed by atoms with Gasteiger partial charge in [0.2, 0.25) is 11.7 Å². The van der Waals surface area contributed by atoms with Crippen molar-refractivity contribution in [3.63, 3.8) is 0 Å². The summed E-state index contributed by atoms with van der Waals surface area (Å²) in [6.07, 6.45) is 2.13. The summed E-state index contributed by atoms with van der Waals surface area (Å²) in [7, 11) is 1.76. The molecule has 1 unspecified atom stereocenters.